The molecular weight excluding hydrogens is 272 g/mol. The van der Waals surface area contributed by atoms with Crippen LogP contribution in [0.4, 0.5) is 5.82 Å². The Labute approximate surface area is 102 Å². The molecule has 6 heteroatoms. The zero-order valence-corrected chi connectivity index (χ0v) is 10.6. The molecule has 1 amide bonds. The van der Waals surface area contributed by atoms with Crippen molar-refractivity contribution in [2.45, 2.75) is 19.4 Å². The summed E-state index contributed by atoms with van der Waals surface area (Å²) < 4.78 is 0.816. The summed E-state index contributed by atoms with van der Waals surface area (Å²) in [6.07, 6.45) is 4.01. The first-order valence-electron chi connectivity index (χ1n) is 5.24. The summed E-state index contributed by atoms with van der Waals surface area (Å²) in [4.78, 5) is 21.8. The van der Waals surface area contributed by atoms with E-state index in [0.29, 0.717) is 0 Å². The zero-order valence-electron chi connectivity index (χ0n) is 8.98. The number of halogens is 1. The van der Waals surface area contributed by atoms with Crippen LogP contribution in [0.1, 0.15) is 13.3 Å². The molecule has 1 unspecified atom stereocenters. The minimum absolute atomic E-state index is 0.0763. The number of likely N-dealkylation sites (N-methyl/N-ethyl adjacent to an activating group) is 1. The van der Waals surface area contributed by atoms with Crippen LogP contribution in [0.2, 0.25) is 0 Å². The maximum absolute atomic E-state index is 11.6. The Balaban J connectivity index is 2.29. The van der Waals surface area contributed by atoms with E-state index in [0.717, 1.165) is 29.8 Å². The molecule has 1 aliphatic rings. The molecule has 1 aromatic rings. The quantitative estimate of drug-likeness (QED) is 0.898. The predicted octanol–water partition coefficient (Wildman–Crippen LogP) is 0.954. The van der Waals surface area contributed by atoms with Gasteiger partial charge in [-0.2, -0.15) is 0 Å². The molecule has 1 N–H and O–H groups in total. The van der Waals surface area contributed by atoms with Crippen molar-refractivity contribution < 1.29 is 4.79 Å². The second-order valence-electron chi connectivity index (χ2n) is 3.58. The molecule has 0 bridgehead atoms. The van der Waals surface area contributed by atoms with E-state index in [1.54, 1.807) is 6.20 Å². The van der Waals surface area contributed by atoms with Crippen LogP contribution in [0.3, 0.4) is 0 Å². The first-order valence-corrected chi connectivity index (χ1v) is 6.03. The minimum Gasteiger partial charge on any atom is -0.354 e. The van der Waals surface area contributed by atoms with E-state index in [9.17, 15) is 4.79 Å². The van der Waals surface area contributed by atoms with Crippen LogP contribution < -0.4 is 10.2 Å². The third kappa shape index (κ3) is 2.02. The van der Waals surface area contributed by atoms with Crippen molar-refractivity contribution in [3.05, 3.63) is 17.0 Å². The number of anilines is 1. The Morgan fingerprint density at radius 2 is 2.50 bits per heavy atom. The largest absolute Gasteiger partial charge is 0.354 e. The molecule has 5 nitrogen and oxygen atoms in total. The standard InChI is InChI=1S/C10H13BrN4O/c1-2-15(8-3-4-13-10(8)16)9-7(11)5-12-6-14-9/h5-6,8H,2-4H2,1H3,(H,13,16). The number of aromatic nitrogens is 2. The van der Waals surface area contributed by atoms with E-state index in [1.807, 2.05) is 11.8 Å². The molecule has 0 spiro atoms. The molecule has 1 atom stereocenters. The summed E-state index contributed by atoms with van der Waals surface area (Å²) in [6.45, 7) is 3.50. The highest BCUT2D eigenvalue weighted by Gasteiger charge is 2.30. The van der Waals surface area contributed by atoms with E-state index < -0.39 is 0 Å². The van der Waals surface area contributed by atoms with Gasteiger partial charge in [-0.25, -0.2) is 9.97 Å². The molecule has 1 saturated heterocycles. The number of hydrogen-bond donors (Lipinski definition) is 1. The Hall–Kier alpha value is -1.17. The maximum atomic E-state index is 11.6. The van der Waals surface area contributed by atoms with Gasteiger partial charge >= 0.3 is 0 Å². The number of carbonyl (C=O) groups is 1. The van der Waals surface area contributed by atoms with Crippen molar-refractivity contribution in [1.82, 2.24) is 15.3 Å². The van der Waals surface area contributed by atoms with Gasteiger partial charge in [0.15, 0.2) is 0 Å². The van der Waals surface area contributed by atoms with E-state index >= 15 is 0 Å². The van der Waals surface area contributed by atoms with Gasteiger partial charge in [0.25, 0.3) is 0 Å². The summed E-state index contributed by atoms with van der Waals surface area (Å²) in [6, 6.07) is -0.115. The molecular formula is C10H13BrN4O. The van der Waals surface area contributed by atoms with Gasteiger partial charge in [0.05, 0.1) is 4.47 Å². The third-order valence-corrected chi connectivity index (χ3v) is 3.22. The predicted molar refractivity (Wildman–Crippen MR) is 64.2 cm³/mol. The fourth-order valence-corrected chi connectivity index (χ4v) is 2.36. The second kappa shape index (κ2) is 4.78. The molecule has 0 saturated carbocycles. The normalized spacial score (nSPS) is 19.6. The topological polar surface area (TPSA) is 58.1 Å². The van der Waals surface area contributed by atoms with Crippen molar-refractivity contribution in [1.29, 1.82) is 0 Å². The van der Waals surface area contributed by atoms with Gasteiger partial charge in [-0.3, -0.25) is 4.79 Å². The van der Waals surface area contributed by atoms with Crippen molar-refractivity contribution in [3.8, 4) is 0 Å². The van der Waals surface area contributed by atoms with Crippen LogP contribution >= 0.6 is 15.9 Å². The number of carbonyl (C=O) groups excluding carboxylic acids is 1. The monoisotopic (exact) mass is 284 g/mol. The molecule has 0 radical (unpaired) electrons. The molecule has 1 aliphatic heterocycles. The van der Waals surface area contributed by atoms with E-state index in [4.69, 9.17) is 0 Å². The van der Waals surface area contributed by atoms with Gasteiger partial charge in [0.1, 0.15) is 18.2 Å². The third-order valence-electron chi connectivity index (χ3n) is 2.66. The number of hydrogen-bond acceptors (Lipinski definition) is 4. The lowest BCUT2D eigenvalue weighted by atomic mass is 10.2. The number of nitrogens with zero attached hydrogens (tertiary/aromatic N) is 3. The lowest BCUT2D eigenvalue weighted by Gasteiger charge is -2.27. The molecule has 0 aliphatic carbocycles. The van der Waals surface area contributed by atoms with Gasteiger partial charge in [0.2, 0.25) is 5.91 Å². The average Bonchev–Trinajstić information content (AvgIpc) is 2.69. The zero-order chi connectivity index (χ0) is 11.5. The van der Waals surface area contributed by atoms with E-state index in [2.05, 4.69) is 31.2 Å². The smallest absolute Gasteiger partial charge is 0.242 e. The molecule has 86 valence electrons. The van der Waals surface area contributed by atoms with Crippen molar-refractivity contribution in [2.75, 3.05) is 18.0 Å². The van der Waals surface area contributed by atoms with Crippen LogP contribution in [0.25, 0.3) is 0 Å². The van der Waals surface area contributed by atoms with Gasteiger partial charge in [-0.05, 0) is 29.3 Å². The molecule has 16 heavy (non-hydrogen) atoms. The summed E-state index contributed by atoms with van der Waals surface area (Å²) >= 11 is 3.41. The molecule has 1 aromatic heterocycles. The summed E-state index contributed by atoms with van der Waals surface area (Å²) in [5.74, 6) is 0.854. The van der Waals surface area contributed by atoms with Gasteiger partial charge in [0, 0.05) is 19.3 Å². The van der Waals surface area contributed by atoms with E-state index in [1.165, 1.54) is 6.33 Å². The van der Waals surface area contributed by atoms with E-state index in [-0.39, 0.29) is 11.9 Å². The highest BCUT2D eigenvalue weighted by molar-refractivity contribution is 9.10. The van der Waals surface area contributed by atoms with Crippen molar-refractivity contribution in [3.63, 3.8) is 0 Å². The highest BCUT2D eigenvalue weighted by Crippen LogP contribution is 2.25. The van der Waals surface area contributed by atoms with Crippen molar-refractivity contribution in [2.24, 2.45) is 0 Å². The van der Waals surface area contributed by atoms with Crippen LogP contribution in [-0.2, 0) is 4.79 Å². The number of rotatable bonds is 3. The lowest BCUT2D eigenvalue weighted by Crippen LogP contribution is -2.41. The first kappa shape index (κ1) is 11.3. The fourth-order valence-electron chi connectivity index (χ4n) is 1.91. The minimum atomic E-state index is -0.115. The average molecular weight is 285 g/mol. The van der Waals surface area contributed by atoms with Crippen LogP contribution in [-0.4, -0.2) is 35.0 Å². The number of nitrogens with one attached hydrogen (secondary N) is 1. The molecule has 2 rings (SSSR count). The Bertz CT molecular complexity index is 398. The maximum Gasteiger partial charge on any atom is 0.242 e. The second-order valence-corrected chi connectivity index (χ2v) is 4.43. The van der Waals surface area contributed by atoms with Crippen LogP contribution in [0, 0.1) is 0 Å². The van der Waals surface area contributed by atoms with Gasteiger partial charge < -0.3 is 10.2 Å². The first-order chi connectivity index (χ1) is 7.74. The van der Waals surface area contributed by atoms with Gasteiger partial charge in [-0.1, -0.05) is 0 Å². The molecule has 1 fully saturated rings. The SMILES string of the molecule is CCN(c1ncncc1Br)C1CCNC1=O. The highest BCUT2D eigenvalue weighted by atomic mass is 79.9. The lowest BCUT2D eigenvalue weighted by molar-refractivity contribution is -0.120. The Morgan fingerprint density at radius 1 is 1.69 bits per heavy atom. The number of amides is 1. The Morgan fingerprint density at radius 3 is 3.06 bits per heavy atom. The fraction of sp³-hybridized carbons (Fsp3) is 0.500. The molecule has 2 heterocycles. The van der Waals surface area contributed by atoms with Crippen LogP contribution in [0.15, 0.2) is 17.0 Å². The van der Waals surface area contributed by atoms with Crippen molar-refractivity contribution >= 4 is 27.7 Å². The summed E-state index contributed by atoms with van der Waals surface area (Å²) in [5.41, 5.74) is 0. The summed E-state index contributed by atoms with van der Waals surface area (Å²) in [7, 11) is 0. The summed E-state index contributed by atoms with van der Waals surface area (Å²) in [5, 5.41) is 2.83. The van der Waals surface area contributed by atoms with Gasteiger partial charge in [-0.15, -0.1) is 0 Å². The molecule has 0 aromatic carbocycles. The van der Waals surface area contributed by atoms with Crippen LogP contribution in [0.5, 0.6) is 0 Å². The Kier molecular flexibility index (Phi) is 3.38.